The molecule has 0 radical (unpaired) electrons. The first kappa shape index (κ1) is 22.5. The number of nitro benzene ring substituents is 1. The number of hydrogen-bond donors (Lipinski definition) is 1. The third-order valence-corrected chi connectivity index (χ3v) is 4.95. The highest BCUT2D eigenvalue weighted by molar-refractivity contribution is 7.80. The second kappa shape index (κ2) is 10.7. The van der Waals surface area contributed by atoms with Crippen LogP contribution in [0.2, 0.25) is 0 Å². The number of rotatable bonds is 7. The summed E-state index contributed by atoms with van der Waals surface area (Å²) in [5, 5.41) is 14.7. The Bertz CT molecular complexity index is 778. The molecule has 158 valence electrons. The van der Waals surface area contributed by atoms with E-state index in [1.165, 1.54) is 12.1 Å². The Kier molecular flexibility index (Phi) is 8.32. The summed E-state index contributed by atoms with van der Waals surface area (Å²) in [6.07, 6.45) is 2.19. The Balaban J connectivity index is 2.03. The summed E-state index contributed by atoms with van der Waals surface area (Å²) in [4.78, 5) is 38.5. The normalized spacial score (nSPS) is 13.7. The number of carbonyl (C=O) groups excluding carboxylic acids is 2. The van der Waals surface area contributed by atoms with Gasteiger partial charge in [0.2, 0.25) is 5.91 Å². The lowest BCUT2D eigenvalue weighted by Gasteiger charge is -2.37. The van der Waals surface area contributed by atoms with Gasteiger partial charge in [0.25, 0.3) is 5.69 Å². The molecule has 1 aliphatic heterocycles. The molecule has 0 aliphatic carbocycles. The number of nitrogens with one attached hydrogen (secondary N) is 1. The number of ether oxygens (including phenoxy) is 1. The largest absolute Gasteiger partial charge is 0.462 e. The molecule has 1 aromatic carbocycles. The molecule has 1 N–H and O–H groups in total. The predicted molar refractivity (Wildman–Crippen MR) is 113 cm³/mol. The van der Waals surface area contributed by atoms with E-state index in [-0.39, 0.29) is 23.8 Å². The van der Waals surface area contributed by atoms with Gasteiger partial charge < -0.3 is 19.9 Å². The van der Waals surface area contributed by atoms with Gasteiger partial charge in [-0.05, 0) is 37.7 Å². The molecular formula is C19H26N4O5S. The van der Waals surface area contributed by atoms with Gasteiger partial charge in [-0.3, -0.25) is 14.9 Å². The summed E-state index contributed by atoms with van der Waals surface area (Å²) in [5.74, 6) is -0.680. The zero-order valence-electron chi connectivity index (χ0n) is 16.7. The Morgan fingerprint density at radius 2 is 1.93 bits per heavy atom. The Hall–Kier alpha value is -2.75. The van der Waals surface area contributed by atoms with Crippen molar-refractivity contribution in [2.24, 2.45) is 0 Å². The molecule has 1 amide bonds. The molecule has 1 heterocycles. The van der Waals surface area contributed by atoms with Crippen LogP contribution in [0.4, 0.5) is 11.4 Å². The number of carbonyl (C=O) groups is 2. The number of nitro groups is 1. The van der Waals surface area contributed by atoms with Crippen molar-refractivity contribution in [2.45, 2.75) is 33.1 Å². The van der Waals surface area contributed by atoms with E-state index in [4.69, 9.17) is 17.0 Å². The average Bonchev–Trinajstić information content (AvgIpc) is 2.72. The van der Waals surface area contributed by atoms with Crippen molar-refractivity contribution < 1.29 is 19.2 Å². The maximum Gasteiger partial charge on any atom is 0.338 e. The van der Waals surface area contributed by atoms with E-state index in [1.807, 2.05) is 16.7 Å². The number of anilines is 1. The van der Waals surface area contributed by atoms with Crippen molar-refractivity contribution in [3.63, 3.8) is 0 Å². The number of esters is 1. The van der Waals surface area contributed by atoms with Crippen LogP contribution in [-0.2, 0) is 9.53 Å². The van der Waals surface area contributed by atoms with Gasteiger partial charge in [-0.25, -0.2) is 4.79 Å². The zero-order chi connectivity index (χ0) is 21.4. The van der Waals surface area contributed by atoms with Crippen molar-refractivity contribution in [2.75, 3.05) is 37.7 Å². The number of unbranched alkanes of at least 4 members (excludes halogenated alkanes) is 1. The minimum Gasteiger partial charge on any atom is -0.462 e. The molecule has 1 fully saturated rings. The van der Waals surface area contributed by atoms with E-state index in [2.05, 4.69) is 5.32 Å². The smallest absolute Gasteiger partial charge is 0.338 e. The number of benzene rings is 1. The average molecular weight is 423 g/mol. The quantitative estimate of drug-likeness (QED) is 0.309. The SMILES string of the molecule is CCCCC(=O)NC(=S)N1CCN(c2ccc(C(=O)OCC)cc2[N+](=O)[O-])CC1. The van der Waals surface area contributed by atoms with Crippen molar-refractivity contribution in [1.82, 2.24) is 10.2 Å². The number of amides is 1. The van der Waals surface area contributed by atoms with Crippen LogP contribution in [-0.4, -0.2) is 59.6 Å². The zero-order valence-corrected chi connectivity index (χ0v) is 17.5. The summed E-state index contributed by atoms with van der Waals surface area (Å²) in [7, 11) is 0. The number of nitrogens with zero attached hydrogens (tertiary/aromatic N) is 3. The Morgan fingerprint density at radius 3 is 2.52 bits per heavy atom. The third kappa shape index (κ3) is 6.11. The lowest BCUT2D eigenvalue weighted by molar-refractivity contribution is -0.384. The summed E-state index contributed by atoms with van der Waals surface area (Å²) >= 11 is 5.31. The van der Waals surface area contributed by atoms with E-state index in [0.717, 1.165) is 12.8 Å². The van der Waals surface area contributed by atoms with Gasteiger partial charge in [-0.15, -0.1) is 0 Å². The molecule has 1 aromatic rings. The van der Waals surface area contributed by atoms with Crippen LogP contribution in [0.5, 0.6) is 0 Å². The molecule has 9 nitrogen and oxygen atoms in total. The van der Waals surface area contributed by atoms with Gasteiger partial charge in [0.05, 0.1) is 17.1 Å². The topological polar surface area (TPSA) is 105 Å². The van der Waals surface area contributed by atoms with Gasteiger partial charge in [0.1, 0.15) is 5.69 Å². The van der Waals surface area contributed by atoms with Crippen molar-refractivity contribution in [1.29, 1.82) is 0 Å². The van der Waals surface area contributed by atoms with Crippen molar-refractivity contribution in [3.8, 4) is 0 Å². The molecule has 0 unspecified atom stereocenters. The summed E-state index contributed by atoms with van der Waals surface area (Å²) in [5.41, 5.74) is 0.456. The molecule has 0 bridgehead atoms. The number of hydrogen-bond acceptors (Lipinski definition) is 7. The van der Waals surface area contributed by atoms with E-state index >= 15 is 0 Å². The third-order valence-electron chi connectivity index (χ3n) is 4.59. The standard InChI is InChI=1S/C19H26N4O5S/c1-3-5-6-17(24)20-19(29)22-11-9-21(10-12-22)15-8-7-14(18(25)28-4-2)13-16(15)23(26)27/h7-8,13H,3-6,9-12H2,1-2H3,(H,20,24,29). The van der Waals surface area contributed by atoms with Gasteiger partial charge >= 0.3 is 5.97 Å². The highest BCUT2D eigenvalue weighted by Gasteiger charge is 2.26. The second-order valence-electron chi connectivity index (χ2n) is 6.61. The van der Waals surface area contributed by atoms with Crippen molar-refractivity contribution >= 4 is 40.6 Å². The maximum atomic E-state index is 11.9. The first-order chi connectivity index (χ1) is 13.9. The molecule has 1 aliphatic rings. The van der Waals surface area contributed by atoms with Crippen LogP contribution >= 0.6 is 12.2 Å². The minimum atomic E-state index is -0.587. The van der Waals surface area contributed by atoms with Crippen LogP contribution < -0.4 is 10.2 Å². The van der Waals surface area contributed by atoms with Crippen LogP contribution in [0.15, 0.2) is 18.2 Å². The van der Waals surface area contributed by atoms with E-state index in [1.54, 1.807) is 13.0 Å². The van der Waals surface area contributed by atoms with Crippen molar-refractivity contribution in [3.05, 3.63) is 33.9 Å². The molecule has 1 saturated heterocycles. The number of thiocarbonyl (C=S) groups is 1. The van der Waals surface area contributed by atoms with Crippen LogP contribution in [0, 0.1) is 10.1 Å². The molecule has 0 saturated carbocycles. The molecule has 2 rings (SSSR count). The molecule has 0 spiro atoms. The fourth-order valence-corrected chi connectivity index (χ4v) is 3.32. The fraction of sp³-hybridized carbons (Fsp3) is 0.526. The lowest BCUT2D eigenvalue weighted by Crippen LogP contribution is -2.52. The van der Waals surface area contributed by atoms with Gasteiger partial charge in [0, 0.05) is 38.7 Å². The molecule has 0 aromatic heterocycles. The predicted octanol–water partition coefficient (Wildman–Crippen LogP) is 2.48. The van der Waals surface area contributed by atoms with Crippen LogP contribution in [0.3, 0.4) is 0 Å². The van der Waals surface area contributed by atoms with E-state index in [0.29, 0.717) is 43.4 Å². The first-order valence-corrected chi connectivity index (χ1v) is 10.1. The first-order valence-electron chi connectivity index (χ1n) is 9.66. The van der Waals surface area contributed by atoms with Gasteiger partial charge in [-0.1, -0.05) is 13.3 Å². The van der Waals surface area contributed by atoms with Gasteiger partial charge in [0.15, 0.2) is 5.11 Å². The van der Waals surface area contributed by atoms with E-state index in [9.17, 15) is 19.7 Å². The monoisotopic (exact) mass is 422 g/mol. The summed E-state index contributed by atoms with van der Waals surface area (Å²) in [6.45, 7) is 5.97. The Labute approximate surface area is 175 Å². The summed E-state index contributed by atoms with van der Waals surface area (Å²) in [6, 6.07) is 4.36. The number of piperazine rings is 1. The molecule has 10 heteroatoms. The molecular weight excluding hydrogens is 396 g/mol. The molecule has 0 atom stereocenters. The maximum absolute atomic E-state index is 11.9. The lowest BCUT2D eigenvalue weighted by atomic mass is 10.1. The minimum absolute atomic E-state index is 0.0931. The van der Waals surface area contributed by atoms with Gasteiger partial charge in [-0.2, -0.15) is 0 Å². The second-order valence-corrected chi connectivity index (χ2v) is 7.00. The Morgan fingerprint density at radius 1 is 1.24 bits per heavy atom. The fourth-order valence-electron chi connectivity index (χ4n) is 3.03. The van der Waals surface area contributed by atoms with Crippen LogP contribution in [0.1, 0.15) is 43.5 Å². The highest BCUT2D eigenvalue weighted by atomic mass is 32.1. The highest BCUT2D eigenvalue weighted by Crippen LogP contribution is 2.30. The molecule has 29 heavy (non-hydrogen) atoms. The summed E-state index contributed by atoms with van der Waals surface area (Å²) < 4.78 is 4.91. The van der Waals surface area contributed by atoms with E-state index < -0.39 is 10.9 Å². The van der Waals surface area contributed by atoms with Crippen LogP contribution in [0.25, 0.3) is 0 Å².